The van der Waals surface area contributed by atoms with Crippen LogP contribution in [-0.2, 0) is 9.59 Å². The second kappa shape index (κ2) is 8.84. The van der Waals surface area contributed by atoms with Gasteiger partial charge in [0.25, 0.3) is 0 Å². The number of hydrogen-bond acceptors (Lipinski definition) is 5. The largest absolute Gasteiger partial charge is 0.497 e. The first-order valence-corrected chi connectivity index (χ1v) is 7.94. The minimum Gasteiger partial charge on any atom is -0.497 e. The van der Waals surface area contributed by atoms with Crippen LogP contribution in [0.5, 0.6) is 11.5 Å². The molecule has 7 nitrogen and oxygen atoms in total. The number of rotatable bonds is 5. The van der Waals surface area contributed by atoms with Crippen LogP contribution in [-0.4, -0.2) is 32.2 Å². The molecule has 8 heteroatoms. The topological polar surface area (TPSA) is 89.0 Å². The molecule has 0 aliphatic heterocycles. The van der Waals surface area contributed by atoms with Gasteiger partial charge >= 0.3 is 11.8 Å². The summed E-state index contributed by atoms with van der Waals surface area (Å²) in [6.07, 6.45) is 1.38. The summed E-state index contributed by atoms with van der Waals surface area (Å²) >= 11 is 3.29. The van der Waals surface area contributed by atoms with Crippen molar-refractivity contribution < 1.29 is 19.1 Å². The Bertz CT molecular complexity index is 791. The molecule has 0 unspecified atom stereocenters. The van der Waals surface area contributed by atoms with Gasteiger partial charge in [-0.2, -0.15) is 5.10 Å². The van der Waals surface area contributed by atoms with Crippen molar-refractivity contribution in [2.45, 2.75) is 0 Å². The molecule has 0 spiro atoms. The van der Waals surface area contributed by atoms with Gasteiger partial charge in [0.05, 0.1) is 20.4 Å². The monoisotopic (exact) mass is 405 g/mol. The van der Waals surface area contributed by atoms with Crippen LogP contribution in [0.3, 0.4) is 0 Å². The maximum absolute atomic E-state index is 11.8. The number of hydrazone groups is 1. The first kappa shape index (κ1) is 18.5. The van der Waals surface area contributed by atoms with Gasteiger partial charge in [-0.3, -0.25) is 9.59 Å². The van der Waals surface area contributed by atoms with Gasteiger partial charge in [-0.15, -0.1) is 0 Å². The third-order valence-corrected chi connectivity index (χ3v) is 3.65. The van der Waals surface area contributed by atoms with Crippen LogP contribution in [0.2, 0.25) is 0 Å². The van der Waals surface area contributed by atoms with Crippen LogP contribution >= 0.6 is 15.9 Å². The van der Waals surface area contributed by atoms with Crippen molar-refractivity contribution in [3.05, 3.63) is 52.5 Å². The predicted molar refractivity (Wildman–Crippen MR) is 98.1 cm³/mol. The molecular formula is C17H16BrN3O4. The van der Waals surface area contributed by atoms with Crippen LogP contribution in [0.4, 0.5) is 5.69 Å². The smallest absolute Gasteiger partial charge is 0.329 e. The lowest BCUT2D eigenvalue weighted by molar-refractivity contribution is -0.136. The number of carbonyl (C=O) groups excluding carboxylic acids is 2. The molecule has 130 valence electrons. The molecule has 0 aromatic heterocycles. The highest BCUT2D eigenvalue weighted by Gasteiger charge is 2.12. The van der Waals surface area contributed by atoms with Crippen LogP contribution in [0.15, 0.2) is 52.0 Å². The molecule has 2 aromatic rings. The van der Waals surface area contributed by atoms with E-state index in [1.54, 1.807) is 49.6 Å². The quantitative estimate of drug-likeness (QED) is 0.454. The minimum absolute atomic E-state index is 0.504. The van der Waals surface area contributed by atoms with Gasteiger partial charge in [-0.1, -0.05) is 15.9 Å². The Hall–Kier alpha value is -2.87. The molecule has 2 rings (SSSR count). The normalized spacial score (nSPS) is 10.4. The Labute approximate surface area is 153 Å². The highest BCUT2D eigenvalue weighted by atomic mass is 79.9. The van der Waals surface area contributed by atoms with E-state index in [-0.39, 0.29) is 0 Å². The molecule has 2 amide bonds. The molecule has 0 saturated heterocycles. The molecule has 25 heavy (non-hydrogen) atoms. The van der Waals surface area contributed by atoms with Crippen molar-refractivity contribution in [3.63, 3.8) is 0 Å². The zero-order valence-electron chi connectivity index (χ0n) is 13.6. The summed E-state index contributed by atoms with van der Waals surface area (Å²) in [4.78, 5) is 23.6. The van der Waals surface area contributed by atoms with Gasteiger partial charge in [0, 0.05) is 21.8 Å². The average molecular weight is 406 g/mol. The maximum atomic E-state index is 11.8. The molecule has 0 atom stereocenters. The van der Waals surface area contributed by atoms with Gasteiger partial charge in [0.15, 0.2) is 0 Å². The number of ether oxygens (including phenoxy) is 2. The fraction of sp³-hybridized carbons (Fsp3) is 0.118. The fourth-order valence-electron chi connectivity index (χ4n) is 1.86. The molecule has 0 bridgehead atoms. The Balaban J connectivity index is 1.95. The van der Waals surface area contributed by atoms with E-state index in [4.69, 9.17) is 9.47 Å². The molecule has 0 fully saturated rings. The summed E-state index contributed by atoms with van der Waals surface area (Å²) in [6.45, 7) is 0. The van der Waals surface area contributed by atoms with Crippen LogP contribution < -0.4 is 20.2 Å². The third kappa shape index (κ3) is 5.32. The lowest BCUT2D eigenvalue weighted by atomic mass is 10.2. The number of anilines is 1. The van der Waals surface area contributed by atoms with Crippen LogP contribution in [0, 0.1) is 0 Å². The molecule has 0 heterocycles. The molecule has 0 radical (unpaired) electrons. The Kier molecular flexibility index (Phi) is 6.53. The number of halogens is 1. The third-order valence-electron chi connectivity index (χ3n) is 3.12. The van der Waals surface area contributed by atoms with Gasteiger partial charge in [-0.25, -0.2) is 5.43 Å². The van der Waals surface area contributed by atoms with E-state index in [0.29, 0.717) is 22.7 Å². The number of nitrogens with zero attached hydrogens (tertiary/aromatic N) is 1. The van der Waals surface area contributed by atoms with Gasteiger partial charge in [0.2, 0.25) is 0 Å². The number of benzene rings is 2. The summed E-state index contributed by atoms with van der Waals surface area (Å²) in [5.74, 6) is -0.545. The molecule has 2 N–H and O–H groups in total. The van der Waals surface area contributed by atoms with Gasteiger partial charge in [-0.05, 0) is 36.4 Å². The summed E-state index contributed by atoms with van der Waals surface area (Å²) in [5.41, 5.74) is 3.29. The summed E-state index contributed by atoms with van der Waals surface area (Å²) in [5, 5.41) is 6.24. The zero-order valence-corrected chi connectivity index (χ0v) is 15.2. The van der Waals surface area contributed by atoms with Gasteiger partial charge in [0.1, 0.15) is 11.5 Å². The Morgan fingerprint density at radius 3 is 2.40 bits per heavy atom. The lowest BCUT2D eigenvalue weighted by Crippen LogP contribution is -2.32. The van der Waals surface area contributed by atoms with E-state index in [1.807, 2.05) is 0 Å². The SMILES string of the molecule is COc1ccc(/C=N\NC(=O)C(=O)Nc2ccc(Br)cc2)c(OC)c1. The van der Waals surface area contributed by atoms with E-state index < -0.39 is 11.8 Å². The van der Waals surface area contributed by atoms with E-state index >= 15 is 0 Å². The zero-order chi connectivity index (χ0) is 18.2. The number of nitrogens with one attached hydrogen (secondary N) is 2. The summed E-state index contributed by atoms with van der Waals surface area (Å²) < 4.78 is 11.2. The summed E-state index contributed by atoms with van der Waals surface area (Å²) in [7, 11) is 3.06. The minimum atomic E-state index is -0.883. The Morgan fingerprint density at radius 2 is 1.76 bits per heavy atom. The first-order chi connectivity index (χ1) is 12.0. The van der Waals surface area contributed by atoms with E-state index in [0.717, 1.165) is 4.47 Å². The molecule has 0 aliphatic carbocycles. The highest BCUT2D eigenvalue weighted by molar-refractivity contribution is 9.10. The average Bonchev–Trinajstić information content (AvgIpc) is 2.63. The van der Waals surface area contributed by atoms with Crippen LogP contribution in [0.1, 0.15) is 5.56 Å². The number of amides is 2. The predicted octanol–water partition coefficient (Wildman–Crippen LogP) is 2.56. The van der Waals surface area contributed by atoms with Crippen LogP contribution in [0.25, 0.3) is 0 Å². The van der Waals surface area contributed by atoms with E-state index in [9.17, 15) is 9.59 Å². The maximum Gasteiger partial charge on any atom is 0.329 e. The lowest BCUT2D eigenvalue weighted by Gasteiger charge is -2.07. The second-order valence-electron chi connectivity index (χ2n) is 4.77. The Morgan fingerprint density at radius 1 is 1.04 bits per heavy atom. The molecule has 2 aromatic carbocycles. The molecule has 0 aliphatic rings. The van der Waals surface area contributed by atoms with Crippen molar-refractivity contribution >= 4 is 39.6 Å². The number of hydrogen-bond donors (Lipinski definition) is 2. The van der Waals surface area contributed by atoms with Crippen molar-refractivity contribution in [3.8, 4) is 11.5 Å². The second-order valence-corrected chi connectivity index (χ2v) is 5.68. The fourth-order valence-corrected chi connectivity index (χ4v) is 2.12. The van der Waals surface area contributed by atoms with Crippen molar-refractivity contribution in [1.29, 1.82) is 0 Å². The molecular weight excluding hydrogens is 390 g/mol. The highest BCUT2D eigenvalue weighted by Crippen LogP contribution is 2.23. The van der Waals surface area contributed by atoms with Crippen molar-refractivity contribution in [1.82, 2.24) is 5.43 Å². The summed E-state index contributed by atoms with van der Waals surface area (Å²) in [6, 6.07) is 12.0. The van der Waals surface area contributed by atoms with E-state index in [1.165, 1.54) is 13.3 Å². The molecule has 0 saturated carbocycles. The standard InChI is InChI=1S/C17H16BrN3O4/c1-24-14-8-3-11(15(9-14)25-2)10-19-21-17(23)16(22)20-13-6-4-12(18)5-7-13/h3-10H,1-2H3,(H,20,22)(H,21,23)/b19-10-. The first-order valence-electron chi connectivity index (χ1n) is 7.15. The van der Waals surface area contributed by atoms with E-state index in [2.05, 4.69) is 31.8 Å². The van der Waals surface area contributed by atoms with Gasteiger partial charge < -0.3 is 14.8 Å². The van der Waals surface area contributed by atoms with Crippen molar-refractivity contribution in [2.75, 3.05) is 19.5 Å². The van der Waals surface area contributed by atoms with Crippen molar-refractivity contribution in [2.24, 2.45) is 5.10 Å². The number of carbonyl (C=O) groups is 2. The number of methoxy groups -OCH3 is 2.